The Hall–Kier alpha value is -2.27. The molecular formula is C24H33N3O5S2. The maximum atomic E-state index is 13.0. The monoisotopic (exact) mass is 507 g/mol. The molecule has 1 N–H and O–H groups in total. The van der Waals surface area contributed by atoms with E-state index >= 15 is 0 Å². The number of carbonyl (C=O) groups is 2. The van der Waals surface area contributed by atoms with Crippen molar-refractivity contribution in [2.75, 3.05) is 38.6 Å². The number of carbonyl (C=O) groups excluding carboxylic acids is 2. The lowest BCUT2D eigenvalue weighted by Crippen LogP contribution is -2.30. The molecule has 1 aromatic heterocycles. The topological polar surface area (TPSA) is 96.0 Å². The molecule has 0 unspecified atom stereocenters. The molecule has 0 saturated heterocycles. The highest BCUT2D eigenvalue weighted by Gasteiger charge is 2.29. The summed E-state index contributed by atoms with van der Waals surface area (Å²) in [6, 6.07) is 5.87. The summed E-state index contributed by atoms with van der Waals surface area (Å²) in [4.78, 5) is 29.2. The fourth-order valence-corrected chi connectivity index (χ4v) is 6.35. The SMILES string of the molecule is CCCCN(C)S(=O)(=O)c1ccc(C(=O)Nc2sc3c(c2C(=O)OCC)CCN(CC)C3)cc1. The van der Waals surface area contributed by atoms with Gasteiger partial charge in [-0.25, -0.2) is 17.5 Å². The number of nitrogens with one attached hydrogen (secondary N) is 1. The number of likely N-dealkylation sites (N-methyl/N-ethyl adjacent to an activating group) is 1. The first-order valence-electron chi connectivity index (χ1n) is 11.6. The molecule has 2 heterocycles. The van der Waals surface area contributed by atoms with Gasteiger partial charge in [0.15, 0.2) is 0 Å². The van der Waals surface area contributed by atoms with E-state index in [4.69, 9.17) is 4.74 Å². The highest BCUT2D eigenvalue weighted by atomic mass is 32.2. The van der Waals surface area contributed by atoms with Gasteiger partial charge in [0.2, 0.25) is 10.0 Å². The van der Waals surface area contributed by atoms with Crippen molar-refractivity contribution in [1.82, 2.24) is 9.21 Å². The number of benzene rings is 1. The zero-order chi connectivity index (χ0) is 24.9. The average molecular weight is 508 g/mol. The molecule has 34 heavy (non-hydrogen) atoms. The molecule has 1 aromatic carbocycles. The second-order valence-corrected chi connectivity index (χ2v) is 11.4. The molecule has 1 aliphatic rings. The molecule has 186 valence electrons. The van der Waals surface area contributed by atoms with Crippen LogP contribution in [0.2, 0.25) is 0 Å². The lowest BCUT2D eigenvalue weighted by Gasteiger charge is -2.25. The minimum Gasteiger partial charge on any atom is -0.462 e. The Kier molecular flexibility index (Phi) is 8.86. The smallest absolute Gasteiger partial charge is 0.341 e. The molecular weight excluding hydrogens is 474 g/mol. The predicted molar refractivity (Wildman–Crippen MR) is 134 cm³/mol. The summed E-state index contributed by atoms with van der Waals surface area (Å²) >= 11 is 1.40. The minimum atomic E-state index is -3.61. The number of nitrogens with zero attached hydrogens (tertiary/aromatic N) is 2. The summed E-state index contributed by atoms with van der Waals surface area (Å²) < 4.78 is 32.0. The van der Waals surface area contributed by atoms with Crippen LogP contribution in [0.4, 0.5) is 5.00 Å². The van der Waals surface area contributed by atoms with Crippen molar-refractivity contribution in [1.29, 1.82) is 0 Å². The van der Waals surface area contributed by atoms with Gasteiger partial charge < -0.3 is 10.1 Å². The molecule has 0 bridgehead atoms. The van der Waals surface area contributed by atoms with Crippen LogP contribution < -0.4 is 5.32 Å². The van der Waals surface area contributed by atoms with E-state index in [2.05, 4.69) is 17.1 Å². The summed E-state index contributed by atoms with van der Waals surface area (Å²) in [7, 11) is -2.05. The number of hydrogen-bond donors (Lipinski definition) is 1. The number of esters is 1. The van der Waals surface area contributed by atoms with Crippen LogP contribution >= 0.6 is 11.3 Å². The standard InChI is InChI=1S/C24H33N3O5S2/c1-5-8-14-26(4)34(30,31)18-11-9-17(10-12-18)22(28)25-23-21(24(29)32-7-3)19-13-15-27(6-2)16-20(19)33-23/h9-12H,5-8,13-16H2,1-4H3,(H,25,28). The van der Waals surface area contributed by atoms with Crippen molar-refractivity contribution in [3.8, 4) is 0 Å². The second-order valence-electron chi connectivity index (χ2n) is 8.21. The number of ether oxygens (including phenoxy) is 1. The maximum absolute atomic E-state index is 13.0. The number of hydrogen-bond acceptors (Lipinski definition) is 7. The van der Waals surface area contributed by atoms with Crippen LogP contribution in [0.1, 0.15) is 64.8 Å². The summed E-state index contributed by atoms with van der Waals surface area (Å²) in [5.74, 6) is -0.836. The number of unbranched alkanes of at least 4 members (excludes halogenated alkanes) is 1. The van der Waals surface area contributed by atoms with E-state index in [0.29, 0.717) is 22.7 Å². The summed E-state index contributed by atoms with van der Waals surface area (Å²) in [5, 5.41) is 3.34. The lowest BCUT2D eigenvalue weighted by atomic mass is 10.0. The zero-order valence-electron chi connectivity index (χ0n) is 20.2. The maximum Gasteiger partial charge on any atom is 0.341 e. The van der Waals surface area contributed by atoms with Gasteiger partial charge in [-0.15, -0.1) is 11.3 Å². The van der Waals surface area contributed by atoms with E-state index in [1.54, 1.807) is 14.0 Å². The van der Waals surface area contributed by atoms with Crippen LogP contribution in [0.25, 0.3) is 0 Å². The largest absolute Gasteiger partial charge is 0.462 e. The summed E-state index contributed by atoms with van der Waals surface area (Å²) in [6.45, 7) is 9.04. The van der Waals surface area contributed by atoms with E-state index < -0.39 is 21.9 Å². The first kappa shape index (κ1) is 26.3. The van der Waals surface area contributed by atoms with Crippen molar-refractivity contribution in [2.24, 2.45) is 0 Å². The Balaban J connectivity index is 1.83. The molecule has 0 aliphatic carbocycles. The van der Waals surface area contributed by atoms with E-state index in [0.717, 1.165) is 49.3 Å². The molecule has 0 saturated carbocycles. The number of amides is 1. The van der Waals surface area contributed by atoms with Crippen LogP contribution in [-0.4, -0.2) is 62.8 Å². The quantitative estimate of drug-likeness (QED) is 0.489. The molecule has 0 atom stereocenters. The van der Waals surface area contributed by atoms with Gasteiger partial charge in [0.25, 0.3) is 5.91 Å². The van der Waals surface area contributed by atoms with Gasteiger partial charge in [0, 0.05) is 37.1 Å². The van der Waals surface area contributed by atoms with Crippen LogP contribution in [-0.2, 0) is 27.7 Å². The van der Waals surface area contributed by atoms with Gasteiger partial charge in [-0.1, -0.05) is 20.3 Å². The van der Waals surface area contributed by atoms with Gasteiger partial charge in [-0.05, 0) is 56.1 Å². The molecule has 8 nitrogen and oxygen atoms in total. The molecule has 0 fully saturated rings. The van der Waals surface area contributed by atoms with E-state index in [1.807, 2.05) is 6.92 Å². The molecule has 1 amide bonds. The molecule has 1 aliphatic heterocycles. The molecule has 3 rings (SSSR count). The van der Waals surface area contributed by atoms with Gasteiger partial charge >= 0.3 is 5.97 Å². The molecule has 0 spiro atoms. The Morgan fingerprint density at radius 3 is 2.50 bits per heavy atom. The van der Waals surface area contributed by atoms with Crippen LogP contribution in [0.15, 0.2) is 29.2 Å². The number of sulfonamides is 1. The lowest BCUT2D eigenvalue weighted by molar-refractivity contribution is 0.0526. The normalized spacial score (nSPS) is 14.1. The van der Waals surface area contributed by atoms with Gasteiger partial charge in [-0.3, -0.25) is 9.69 Å². The highest BCUT2D eigenvalue weighted by molar-refractivity contribution is 7.89. The Labute approximate surface area is 205 Å². The number of thiophene rings is 1. The van der Waals surface area contributed by atoms with E-state index in [1.165, 1.54) is 39.9 Å². The van der Waals surface area contributed by atoms with Crippen LogP contribution in [0.3, 0.4) is 0 Å². The molecule has 10 heteroatoms. The Bertz CT molecular complexity index is 1130. The van der Waals surface area contributed by atoms with Crippen molar-refractivity contribution in [3.63, 3.8) is 0 Å². The fraction of sp³-hybridized carbons (Fsp3) is 0.500. The van der Waals surface area contributed by atoms with E-state index in [-0.39, 0.29) is 11.5 Å². The third-order valence-corrected chi connectivity index (χ3v) is 8.94. The molecule has 2 aromatic rings. The molecule has 0 radical (unpaired) electrons. The third-order valence-electron chi connectivity index (χ3n) is 5.94. The second kappa shape index (κ2) is 11.4. The van der Waals surface area contributed by atoms with Gasteiger partial charge in [-0.2, -0.15) is 0 Å². The first-order valence-corrected chi connectivity index (χ1v) is 13.9. The first-order chi connectivity index (χ1) is 16.2. The summed E-state index contributed by atoms with van der Waals surface area (Å²) in [6.07, 6.45) is 2.40. The van der Waals surface area contributed by atoms with Crippen molar-refractivity contribution >= 4 is 38.2 Å². The zero-order valence-corrected chi connectivity index (χ0v) is 21.9. The van der Waals surface area contributed by atoms with Gasteiger partial charge in [0.1, 0.15) is 5.00 Å². The highest BCUT2D eigenvalue weighted by Crippen LogP contribution is 2.38. The predicted octanol–water partition coefficient (Wildman–Crippen LogP) is 3.98. The number of anilines is 1. The Morgan fingerprint density at radius 1 is 1.18 bits per heavy atom. The average Bonchev–Trinajstić information content (AvgIpc) is 3.19. The minimum absolute atomic E-state index is 0.140. The van der Waals surface area contributed by atoms with Crippen molar-refractivity contribution in [3.05, 3.63) is 45.8 Å². The van der Waals surface area contributed by atoms with Crippen molar-refractivity contribution < 1.29 is 22.7 Å². The van der Waals surface area contributed by atoms with Gasteiger partial charge in [0.05, 0.1) is 17.1 Å². The summed E-state index contributed by atoms with van der Waals surface area (Å²) in [5.41, 5.74) is 1.69. The number of fused-ring (bicyclic) bond motifs is 1. The number of rotatable bonds is 10. The van der Waals surface area contributed by atoms with Crippen molar-refractivity contribution in [2.45, 2.75) is 51.5 Å². The fourth-order valence-electron chi connectivity index (χ4n) is 3.87. The van der Waals surface area contributed by atoms with Crippen LogP contribution in [0.5, 0.6) is 0 Å². The van der Waals surface area contributed by atoms with Crippen LogP contribution in [0, 0.1) is 0 Å². The third kappa shape index (κ3) is 5.68. The van der Waals surface area contributed by atoms with E-state index in [9.17, 15) is 18.0 Å². The Morgan fingerprint density at radius 2 is 1.88 bits per heavy atom.